The van der Waals surface area contributed by atoms with Gasteiger partial charge in [0, 0.05) is 5.69 Å². The Kier molecular flexibility index (Phi) is 4.36. The van der Waals surface area contributed by atoms with Gasteiger partial charge in [-0.25, -0.2) is 0 Å². The molecule has 20 heavy (non-hydrogen) atoms. The number of carbonyl (C=O) groups is 2. The molecule has 2 rings (SSSR count). The summed E-state index contributed by atoms with van der Waals surface area (Å²) in [5, 5.41) is 22.6. The molecule has 2 unspecified atom stereocenters. The summed E-state index contributed by atoms with van der Waals surface area (Å²) in [6.07, 6.45) is -2.45. The molecule has 0 saturated heterocycles. The van der Waals surface area contributed by atoms with Crippen molar-refractivity contribution in [2.75, 3.05) is 11.9 Å². The lowest BCUT2D eigenvalue weighted by Crippen LogP contribution is -2.23. The molecule has 0 aliphatic carbocycles. The van der Waals surface area contributed by atoms with Crippen LogP contribution in [0.15, 0.2) is 18.2 Å². The van der Waals surface area contributed by atoms with Crippen molar-refractivity contribution in [1.82, 2.24) is 0 Å². The molecule has 0 bridgehead atoms. The lowest BCUT2D eigenvalue weighted by Gasteiger charge is -2.18. The van der Waals surface area contributed by atoms with E-state index in [-0.39, 0.29) is 25.4 Å². The molecule has 0 aromatic heterocycles. The van der Waals surface area contributed by atoms with Crippen LogP contribution >= 0.6 is 0 Å². The fourth-order valence-corrected chi connectivity index (χ4v) is 2.16. The number of carbonyl (C=O) groups excluding carboxylic acids is 2. The zero-order valence-electron chi connectivity index (χ0n) is 11.1. The molecule has 2 atom stereocenters. The second kappa shape index (κ2) is 6.02. The fraction of sp³-hybridized carbons (Fsp3) is 0.429. The minimum Gasteiger partial charge on any atom is -0.466 e. The van der Waals surface area contributed by atoms with Crippen LogP contribution in [0.4, 0.5) is 5.69 Å². The van der Waals surface area contributed by atoms with E-state index in [0.717, 1.165) is 5.56 Å². The van der Waals surface area contributed by atoms with Gasteiger partial charge in [0.2, 0.25) is 5.91 Å². The average molecular weight is 279 g/mol. The number of anilines is 1. The molecule has 3 N–H and O–H groups in total. The number of aliphatic hydroxyl groups is 2. The number of nitrogens with one attached hydrogen (secondary N) is 1. The Morgan fingerprint density at radius 2 is 2.20 bits per heavy atom. The topological polar surface area (TPSA) is 95.9 Å². The summed E-state index contributed by atoms with van der Waals surface area (Å²) in [7, 11) is 0. The Hall–Kier alpha value is -1.92. The first-order valence-corrected chi connectivity index (χ1v) is 6.45. The van der Waals surface area contributed by atoms with Crippen molar-refractivity contribution in [2.24, 2.45) is 0 Å². The number of fused-ring (bicyclic) bond motifs is 1. The van der Waals surface area contributed by atoms with E-state index >= 15 is 0 Å². The highest BCUT2D eigenvalue weighted by atomic mass is 16.5. The predicted octanol–water partition coefficient (Wildman–Crippen LogP) is 0.529. The number of aliphatic hydroxyl groups excluding tert-OH is 2. The summed E-state index contributed by atoms with van der Waals surface area (Å²) < 4.78 is 4.72. The summed E-state index contributed by atoms with van der Waals surface area (Å²) in [5.41, 5.74) is 1.96. The number of amides is 1. The summed E-state index contributed by atoms with van der Waals surface area (Å²) in [5.74, 6) is -0.657. The number of hydrogen-bond acceptors (Lipinski definition) is 5. The van der Waals surface area contributed by atoms with Crippen LogP contribution in [0.2, 0.25) is 0 Å². The van der Waals surface area contributed by atoms with Crippen molar-refractivity contribution in [3.8, 4) is 0 Å². The lowest BCUT2D eigenvalue weighted by atomic mass is 9.99. The zero-order chi connectivity index (χ0) is 14.7. The number of benzene rings is 1. The first-order valence-electron chi connectivity index (χ1n) is 6.45. The van der Waals surface area contributed by atoms with Gasteiger partial charge in [0.05, 0.1) is 25.6 Å². The molecule has 0 spiro atoms. The van der Waals surface area contributed by atoms with E-state index < -0.39 is 18.2 Å². The van der Waals surface area contributed by atoms with Gasteiger partial charge in [0.15, 0.2) is 0 Å². The van der Waals surface area contributed by atoms with E-state index in [2.05, 4.69) is 5.32 Å². The van der Waals surface area contributed by atoms with E-state index in [4.69, 9.17) is 4.74 Å². The number of ether oxygens (including phenoxy) is 1. The molecule has 6 heteroatoms. The van der Waals surface area contributed by atoms with Crippen LogP contribution in [0, 0.1) is 0 Å². The third kappa shape index (κ3) is 3.15. The van der Waals surface area contributed by atoms with Gasteiger partial charge in [-0.15, -0.1) is 0 Å². The van der Waals surface area contributed by atoms with E-state index in [9.17, 15) is 19.8 Å². The number of rotatable bonds is 5. The molecule has 1 aliphatic heterocycles. The van der Waals surface area contributed by atoms with Crippen molar-refractivity contribution in [3.63, 3.8) is 0 Å². The minimum absolute atomic E-state index is 0.0984. The van der Waals surface area contributed by atoms with Gasteiger partial charge >= 0.3 is 5.97 Å². The molecule has 0 radical (unpaired) electrons. The van der Waals surface area contributed by atoms with Gasteiger partial charge in [0.25, 0.3) is 0 Å². The first kappa shape index (κ1) is 14.5. The lowest BCUT2D eigenvalue weighted by molar-refractivity contribution is -0.147. The number of esters is 1. The maximum atomic E-state index is 11.3. The molecular formula is C14H17NO5. The van der Waals surface area contributed by atoms with Crippen molar-refractivity contribution in [1.29, 1.82) is 0 Å². The van der Waals surface area contributed by atoms with Crippen LogP contribution in [-0.4, -0.2) is 34.8 Å². The van der Waals surface area contributed by atoms with E-state index in [1.165, 1.54) is 0 Å². The van der Waals surface area contributed by atoms with E-state index in [1.54, 1.807) is 25.1 Å². The molecule has 1 amide bonds. The SMILES string of the molecule is CCOC(=O)CC(O)C(O)c1ccc2c(c1)CC(=O)N2. The van der Waals surface area contributed by atoms with Crippen LogP contribution < -0.4 is 5.32 Å². The summed E-state index contributed by atoms with van der Waals surface area (Å²) in [4.78, 5) is 22.5. The highest BCUT2D eigenvalue weighted by Gasteiger charge is 2.24. The third-order valence-corrected chi connectivity index (χ3v) is 3.14. The largest absolute Gasteiger partial charge is 0.466 e. The van der Waals surface area contributed by atoms with Crippen molar-refractivity contribution in [2.45, 2.75) is 32.0 Å². The Labute approximate surface area is 116 Å². The molecule has 1 aliphatic rings. The molecule has 108 valence electrons. The summed E-state index contributed by atoms with van der Waals surface area (Å²) >= 11 is 0. The Morgan fingerprint density at radius 1 is 1.45 bits per heavy atom. The van der Waals surface area contributed by atoms with Gasteiger partial charge in [-0.2, -0.15) is 0 Å². The second-order valence-corrected chi connectivity index (χ2v) is 4.66. The molecule has 0 fully saturated rings. The molecular weight excluding hydrogens is 262 g/mol. The third-order valence-electron chi connectivity index (χ3n) is 3.14. The first-order chi connectivity index (χ1) is 9.51. The van der Waals surface area contributed by atoms with Gasteiger partial charge in [-0.3, -0.25) is 9.59 Å². The Bertz CT molecular complexity index is 528. The Balaban J connectivity index is 2.06. The fourth-order valence-electron chi connectivity index (χ4n) is 2.16. The van der Waals surface area contributed by atoms with Crippen molar-refractivity contribution >= 4 is 17.6 Å². The monoisotopic (exact) mass is 279 g/mol. The highest BCUT2D eigenvalue weighted by Crippen LogP contribution is 2.28. The standard InChI is InChI=1S/C14H17NO5/c1-2-20-13(18)7-11(16)14(19)8-3-4-10-9(5-8)6-12(17)15-10/h3-5,11,14,16,19H,2,6-7H2,1H3,(H,15,17). The molecule has 1 aromatic rings. The van der Waals surface area contributed by atoms with Gasteiger partial charge in [0.1, 0.15) is 6.10 Å². The molecule has 1 aromatic carbocycles. The van der Waals surface area contributed by atoms with Gasteiger partial charge < -0.3 is 20.3 Å². The summed E-state index contributed by atoms with van der Waals surface area (Å²) in [6, 6.07) is 4.95. The van der Waals surface area contributed by atoms with Crippen LogP contribution in [-0.2, 0) is 20.7 Å². The van der Waals surface area contributed by atoms with Crippen molar-refractivity contribution in [3.05, 3.63) is 29.3 Å². The van der Waals surface area contributed by atoms with Crippen LogP contribution in [0.25, 0.3) is 0 Å². The van der Waals surface area contributed by atoms with Crippen LogP contribution in [0.5, 0.6) is 0 Å². The van der Waals surface area contributed by atoms with Gasteiger partial charge in [-0.1, -0.05) is 12.1 Å². The quantitative estimate of drug-likeness (QED) is 0.683. The maximum Gasteiger partial charge on any atom is 0.308 e. The Morgan fingerprint density at radius 3 is 2.90 bits per heavy atom. The van der Waals surface area contributed by atoms with Gasteiger partial charge in [-0.05, 0) is 24.1 Å². The zero-order valence-corrected chi connectivity index (χ0v) is 11.1. The minimum atomic E-state index is -1.24. The normalized spacial score (nSPS) is 16.2. The van der Waals surface area contributed by atoms with Crippen molar-refractivity contribution < 1.29 is 24.5 Å². The molecule has 0 saturated carbocycles. The molecule has 6 nitrogen and oxygen atoms in total. The van der Waals surface area contributed by atoms with Crippen LogP contribution in [0.1, 0.15) is 30.6 Å². The maximum absolute atomic E-state index is 11.3. The predicted molar refractivity (Wildman–Crippen MR) is 71.0 cm³/mol. The second-order valence-electron chi connectivity index (χ2n) is 4.66. The van der Waals surface area contributed by atoms with Crippen LogP contribution in [0.3, 0.4) is 0 Å². The smallest absolute Gasteiger partial charge is 0.308 e. The summed E-state index contributed by atoms with van der Waals surface area (Å²) in [6.45, 7) is 1.90. The number of hydrogen-bond donors (Lipinski definition) is 3. The highest BCUT2D eigenvalue weighted by molar-refractivity contribution is 5.99. The van der Waals surface area contributed by atoms with E-state index in [1.807, 2.05) is 0 Å². The molecule has 1 heterocycles. The average Bonchev–Trinajstić information content (AvgIpc) is 2.76. The van der Waals surface area contributed by atoms with E-state index in [0.29, 0.717) is 11.3 Å².